The van der Waals surface area contributed by atoms with Gasteiger partial charge in [0.05, 0.1) is 11.4 Å². The normalized spacial score (nSPS) is 9.19. The van der Waals surface area contributed by atoms with Gasteiger partial charge < -0.3 is 0 Å². The maximum Gasteiger partial charge on any atom is 0.315 e. The predicted octanol–water partition coefficient (Wildman–Crippen LogP) is 3.24. The molecule has 0 N–H and O–H groups in total. The summed E-state index contributed by atoms with van der Waals surface area (Å²) in [4.78, 5) is 4.95. The number of nitriles is 1. The average molecular weight is 210 g/mol. The maximum absolute atomic E-state index is 8.65. The molecule has 78 valence electrons. The summed E-state index contributed by atoms with van der Waals surface area (Å²) in [5, 5.41) is 10.1. The standard InChI is InChI=1S/C13H10N2O/c14-11-16-15(12-7-3-1-4-8-12)13-9-5-2-6-10-13/h1-10H. The van der Waals surface area contributed by atoms with E-state index in [9.17, 15) is 0 Å². The second-order valence-electron chi connectivity index (χ2n) is 3.15. The highest BCUT2D eigenvalue weighted by Crippen LogP contribution is 2.24. The molecule has 0 atom stereocenters. The highest BCUT2D eigenvalue weighted by atomic mass is 16.7. The molecule has 2 aromatic carbocycles. The van der Waals surface area contributed by atoms with E-state index in [2.05, 4.69) is 0 Å². The van der Waals surface area contributed by atoms with Gasteiger partial charge in [0.1, 0.15) is 0 Å². The lowest BCUT2D eigenvalue weighted by Gasteiger charge is -2.19. The van der Waals surface area contributed by atoms with Gasteiger partial charge in [-0.15, -0.1) is 5.26 Å². The SMILES string of the molecule is N#CON(c1ccccc1)c1ccccc1. The summed E-state index contributed by atoms with van der Waals surface area (Å²) in [6.07, 6.45) is 1.69. The Labute approximate surface area is 94.1 Å². The zero-order valence-corrected chi connectivity index (χ0v) is 8.58. The predicted molar refractivity (Wildman–Crippen MR) is 61.7 cm³/mol. The summed E-state index contributed by atoms with van der Waals surface area (Å²) in [6.45, 7) is 0. The zero-order valence-electron chi connectivity index (χ0n) is 8.58. The monoisotopic (exact) mass is 210 g/mol. The van der Waals surface area contributed by atoms with E-state index < -0.39 is 0 Å². The van der Waals surface area contributed by atoms with Gasteiger partial charge in [0.2, 0.25) is 0 Å². The number of rotatable bonds is 3. The molecule has 0 bridgehead atoms. The quantitative estimate of drug-likeness (QED) is 0.576. The number of hydrogen-bond donors (Lipinski definition) is 0. The van der Waals surface area contributed by atoms with Crippen LogP contribution in [-0.2, 0) is 4.84 Å². The van der Waals surface area contributed by atoms with Crippen LogP contribution in [0.5, 0.6) is 0 Å². The van der Waals surface area contributed by atoms with Crippen LogP contribution in [0.3, 0.4) is 0 Å². The van der Waals surface area contributed by atoms with Gasteiger partial charge in [-0.2, -0.15) is 5.06 Å². The largest absolute Gasteiger partial charge is 0.315 e. The molecule has 2 aromatic rings. The van der Waals surface area contributed by atoms with E-state index in [1.807, 2.05) is 60.7 Å². The van der Waals surface area contributed by atoms with Crippen LogP contribution < -0.4 is 5.06 Å². The Morgan fingerprint density at radius 2 is 1.25 bits per heavy atom. The third kappa shape index (κ3) is 2.12. The number of benzene rings is 2. The van der Waals surface area contributed by atoms with Crippen molar-refractivity contribution in [3.63, 3.8) is 0 Å². The molecule has 0 saturated heterocycles. The molecule has 0 spiro atoms. The summed E-state index contributed by atoms with van der Waals surface area (Å²) < 4.78 is 0. The molecule has 0 aliphatic rings. The molecule has 16 heavy (non-hydrogen) atoms. The Balaban J connectivity index is 2.36. The van der Waals surface area contributed by atoms with E-state index in [1.165, 1.54) is 5.06 Å². The van der Waals surface area contributed by atoms with E-state index in [4.69, 9.17) is 10.1 Å². The number of para-hydroxylation sites is 2. The lowest BCUT2D eigenvalue weighted by atomic mass is 10.2. The first-order chi connectivity index (χ1) is 7.92. The molecule has 0 aromatic heterocycles. The van der Waals surface area contributed by atoms with Crippen LogP contribution in [0, 0.1) is 11.5 Å². The van der Waals surface area contributed by atoms with Crippen LogP contribution >= 0.6 is 0 Å². The van der Waals surface area contributed by atoms with Crippen molar-refractivity contribution in [2.45, 2.75) is 0 Å². The van der Waals surface area contributed by atoms with Crippen molar-refractivity contribution in [2.24, 2.45) is 0 Å². The molecule has 3 heteroatoms. The molecule has 2 rings (SSSR count). The lowest BCUT2D eigenvalue weighted by Crippen LogP contribution is -2.14. The van der Waals surface area contributed by atoms with Crippen LogP contribution in [0.15, 0.2) is 60.7 Å². The molecule has 3 nitrogen and oxygen atoms in total. The van der Waals surface area contributed by atoms with Crippen molar-refractivity contribution in [1.82, 2.24) is 0 Å². The third-order valence-corrected chi connectivity index (χ3v) is 2.11. The molecule has 0 fully saturated rings. The van der Waals surface area contributed by atoms with E-state index in [-0.39, 0.29) is 0 Å². The van der Waals surface area contributed by atoms with Gasteiger partial charge >= 0.3 is 6.26 Å². The fraction of sp³-hybridized carbons (Fsp3) is 0. The number of nitrogens with zero attached hydrogens (tertiary/aromatic N) is 2. The Kier molecular flexibility index (Phi) is 3.05. The van der Waals surface area contributed by atoms with E-state index in [1.54, 1.807) is 6.26 Å². The van der Waals surface area contributed by atoms with Gasteiger partial charge in [0, 0.05) is 0 Å². The summed E-state index contributed by atoms with van der Waals surface area (Å²) in [5.74, 6) is 0. The van der Waals surface area contributed by atoms with E-state index in [0.717, 1.165) is 11.4 Å². The Bertz CT molecular complexity index is 437. The van der Waals surface area contributed by atoms with Crippen LogP contribution in [0.2, 0.25) is 0 Å². The van der Waals surface area contributed by atoms with Crippen molar-refractivity contribution >= 4 is 11.4 Å². The second-order valence-corrected chi connectivity index (χ2v) is 3.15. The lowest BCUT2D eigenvalue weighted by molar-refractivity contribution is 0.275. The Morgan fingerprint density at radius 3 is 1.62 bits per heavy atom. The van der Waals surface area contributed by atoms with Crippen LogP contribution in [0.1, 0.15) is 0 Å². The summed E-state index contributed by atoms with van der Waals surface area (Å²) >= 11 is 0. The fourth-order valence-electron chi connectivity index (χ4n) is 1.42. The first-order valence-electron chi connectivity index (χ1n) is 4.88. The van der Waals surface area contributed by atoms with Gasteiger partial charge in [-0.1, -0.05) is 36.4 Å². The van der Waals surface area contributed by atoms with E-state index in [0.29, 0.717) is 0 Å². The number of hydrogen-bond acceptors (Lipinski definition) is 3. The van der Waals surface area contributed by atoms with Crippen LogP contribution in [0.25, 0.3) is 0 Å². The average Bonchev–Trinajstić information content (AvgIpc) is 2.38. The van der Waals surface area contributed by atoms with Gasteiger partial charge in [0.15, 0.2) is 0 Å². The molecule has 0 radical (unpaired) electrons. The maximum atomic E-state index is 8.65. The first kappa shape index (κ1) is 10.1. The van der Waals surface area contributed by atoms with Crippen molar-refractivity contribution in [2.75, 3.05) is 5.06 Å². The molecular weight excluding hydrogens is 200 g/mol. The molecular formula is C13H10N2O. The molecule has 0 aliphatic carbocycles. The molecule has 0 heterocycles. The van der Waals surface area contributed by atoms with Crippen molar-refractivity contribution in [3.05, 3.63) is 60.7 Å². The Morgan fingerprint density at radius 1 is 0.812 bits per heavy atom. The van der Waals surface area contributed by atoms with Gasteiger partial charge in [-0.05, 0) is 24.3 Å². The van der Waals surface area contributed by atoms with Gasteiger partial charge in [0.25, 0.3) is 0 Å². The number of anilines is 2. The van der Waals surface area contributed by atoms with Crippen molar-refractivity contribution < 1.29 is 4.84 Å². The summed E-state index contributed by atoms with van der Waals surface area (Å²) in [7, 11) is 0. The Hall–Kier alpha value is -2.47. The third-order valence-electron chi connectivity index (χ3n) is 2.11. The molecule has 0 unspecified atom stereocenters. The van der Waals surface area contributed by atoms with Crippen LogP contribution in [-0.4, -0.2) is 0 Å². The molecule has 0 aliphatic heterocycles. The minimum Gasteiger partial charge on any atom is -0.294 e. The fourth-order valence-corrected chi connectivity index (χ4v) is 1.42. The topological polar surface area (TPSA) is 36.3 Å². The van der Waals surface area contributed by atoms with Crippen molar-refractivity contribution in [1.29, 1.82) is 5.26 Å². The minimum absolute atomic E-state index is 0.815. The minimum atomic E-state index is 0.815. The first-order valence-corrected chi connectivity index (χ1v) is 4.88. The zero-order chi connectivity index (χ0) is 11.2. The highest BCUT2D eigenvalue weighted by Gasteiger charge is 2.08. The van der Waals surface area contributed by atoms with E-state index >= 15 is 0 Å². The van der Waals surface area contributed by atoms with Gasteiger partial charge in [-0.3, -0.25) is 4.84 Å². The highest BCUT2D eigenvalue weighted by molar-refractivity contribution is 5.60. The van der Waals surface area contributed by atoms with Gasteiger partial charge in [-0.25, -0.2) is 0 Å². The van der Waals surface area contributed by atoms with Crippen LogP contribution in [0.4, 0.5) is 11.4 Å². The summed E-state index contributed by atoms with van der Waals surface area (Å²) in [5.41, 5.74) is 1.63. The molecule has 0 saturated carbocycles. The summed E-state index contributed by atoms with van der Waals surface area (Å²) in [6, 6.07) is 18.9. The second kappa shape index (κ2) is 4.85. The smallest absolute Gasteiger partial charge is 0.294 e. The van der Waals surface area contributed by atoms with Crippen molar-refractivity contribution in [3.8, 4) is 6.26 Å². The molecule has 0 amide bonds.